The highest BCUT2D eigenvalue weighted by Gasteiger charge is 2.15. The summed E-state index contributed by atoms with van der Waals surface area (Å²) in [5, 5.41) is 0.685. The molecule has 0 spiro atoms. The van der Waals surface area contributed by atoms with Crippen molar-refractivity contribution in [1.82, 2.24) is 20.8 Å². The van der Waals surface area contributed by atoms with Crippen LogP contribution in [0.15, 0.2) is 77.7 Å². The van der Waals surface area contributed by atoms with Crippen LogP contribution in [0.3, 0.4) is 0 Å². The SMILES string of the molecule is O=C(CCc1cccnc1)NNC(=O)c1cc(-c2ccco2)nc2ccccc12. The van der Waals surface area contributed by atoms with Crippen molar-refractivity contribution in [3.05, 3.63) is 84.4 Å². The maximum atomic E-state index is 12.8. The summed E-state index contributed by atoms with van der Waals surface area (Å²) < 4.78 is 5.41. The van der Waals surface area contributed by atoms with Gasteiger partial charge in [-0.1, -0.05) is 24.3 Å². The Labute approximate surface area is 166 Å². The summed E-state index contributed by atoms with van der Waals surface area (Å²) in [7, 11) is 0. The molecule has 4 rings (SSSR count). The normalized spacial score (nSPS) is 10.6. The van der Waals surface area contributed by atoms with Crippen LogP contribution in [-0.2, 0) is 11.2 Å². The molecule has 144 valence electrons. The van der Waals surface area contributed by atoms with Gasteiger partial charge in [0.2, 0.25) is 5.91 Å². The smallest absolute Gasteiger partial charge is 0.270 e. The van der Waals surface area contributed by atoms with Gasteiger partial charge in [-0.05, 0) is 42.3 Å². The second-order valence-electron chi connectivity index (χ2n) is 6.41. The predicted molar refractivity (Wildman–Crippen MR) is 108 cm³/mol. The number of aryl methyl sites for hydroxylation is 1. The lowest BCUT2D eigenvalue weighted by Crippen LogP contribution is -2.41. The molecule has 0 aliphatic rings. The molecule has 0 unspecified atom stereocenters. The van der Waals surface area contributed by atoms with E-state index in [9.17, 15) is 9.59 Å². The van der Waals surface area contributed by atoms with Gasteiger partial charge in [0, 0.05) is 24.2 Å². The molecule has 4 aromatic rings. The van der Waals surface area contributed by atoms with E-state index in [1.807, 2.05) is 36.4 Å². The van der Waals surface area contributed by atoms with Crippen molar-refractivity contribution in [1.29, 1.82) is 0 Å². The Morgan fingerprint density at radius 3 is 2.69 bits per heavy atom. The first-order valence-corrected chi connectivity index (χ1v) is 9.12. The Hall–Kier alpha value is -4.00. The first-order valence-electron chi connectivity index (χ1n) is 9.12. The van der Waals surface area contributed by atoms with E-state index in [-0.39, 0.29) is 12.3 Å². The Kier molecular flexibility index (Phi) is 5.29. The van der Waals surface area contributed by atoms with Gasteiger partial charge in [-0.3, -0.25) is 25.4 Å². The van der Waals surface area contributed by atoms with Crippen molar-refractivity contribution < 1.29 is 14.0 Å². The maximum Gasteiger partial charge on any atom is 0.270 e. The number of pyridine rings is 2. The molecule has 7 nitrogen and oxygen atoms in total. The molecule has 0 saturated carbocycles. The number of hydrazine groups is 1. The molecule has 3 aromatic heterocycles. The highest BCUT2D eigenvalue weighted by atomic mass is 16.3. The summed E-state index contributed by atoms with van der Waals surface area (Å²) in [6.07, 6.45) is 5.72. The standard InChI is InChI=1S/C22H18N4O3/c27-21(10-9-15-5-3-11-23-14-15)25-26-22(28)17-13-19(20-8-4-12-29-20)24-18-7-2-1-6-16(17)18/h1-8,11-14H,9-10H2,(H,25,27)(H,26,28). The third-order valence-corrected chi connectivity index (χ3v) is 4.41. The monoisotopic (exact) mass is 386 g/mol. The zero-order valence-electron chi connectivity index (χ0n) is 15.5. The van der Waals surface area contributed by atoms with Gasteiger partial charge in [-0.25, -0.2) is 4.98 Å². The maximum absolute atomic E-state index is 12.8. The average molecular weight is 386 g/mol. The van der Waals surface area contributed by atoms with Crippen molar-refractivity contribution >= 4 is 22.7 Å². The lowest BCUT2D eigenvalue weighted by Gasteiger charge is -2.10. The minimum absolute atomic E-state index is 0.237. The number of carbonyl (C=O) groups excluding carboxylic acids is 2. The van der Waals surface area contributed by atoms with E-state index in [0.717, 1.165) is 5.56 Å². The van der Waals surface area contributed by atoms with Gasteiger partial charge in [0.05, 0.1) is 17.3 Å². The van der Waals surface area contributed by atoms with Gasteiger partial charge >= 0.3 is 0 Å². The van der Waals surface area contributed by atoms with Crippen LogP contribution < -0.4 is 10.9 Å². The highest BCUT2D eigenvalue weighted by Crippen LogP contribution is 2.25. The summed E-state index contributed by atoms with van der Waals surface area (Å²) in [5.74, 6) is -0.150. The quantitative estimate of drug-likeness (QED) is 0.513. The number of fused-ring (bicyclic) bond motifs is 1. The van der Waals surface area contributed by atoms with E-state index < -0.39 is 5.91 Å². The van der Waals surface area contributed by atoms with E-state index in [2.05, 4.69) is 20.8 Å². The van der Waals surface area contributed by atoms with Gasteiger partial charge in [-0.2, -0.15) is 0 Å². The zero-order chi connectivity index (χ0) is 20.1. The molecule has 1 aromatic carbocycles. The van der Waals surface area contributed by atoms with Crippen molar-refractivity contribution in [2.24, 2.45) is 0 Å². The third-order valence-electron chi connectivity index (χ3n) is 4.41. The Morgan fingerprint density at radius 1 is 1.00 bits per heavy atom. The minimum Gasteiger partial charge on any atom is -0.463 e. The van der Waals surface area contributed by atoms with Gasteiger partial charge in [-0.15, -0.1) is 0 Å². The number of hydrogen-bond donors (Lipinski definition) is 2. The number of amides is 2. The Bertz CT molecular complexity index is 1140. The fourth-order valence-corrected chi connectivity index (χ4v) is 2.97. The van der Waals surface area contributed by atoms with Gasteiger partial charge in [0.15, 0.2) is 5.76 Å². The lowest BCUT2D eigenvalue weighted by atomic mass is 10.1. The van der Waals surface area contributed by atoms with Gasteiger partial charge in [0.25, 0.3) is 5.91 Å². The van der Waals surface area contributed by atoms with Crippen LogP contribution in [0.25, 0.3) is 22.4 Å². The summed E-state index contributed by atoms with van der Waals surface area (Å²) in [6, 6.07) is 16.2. The number of aromatic nitrogens is 2. The second kappa shape index (κ2) is 8.35. The number of para-hydroxylation sites is 1. The molecular weight excluding hydrogens is 368 g/mol. The summed E-state index contributed by atoms with van der Waals surface area (Å²) in [6.45, 7) is 0. The topological polar surface area (TPSA) is 97.1 Å². The highest BCUT2D eigenvalue weighted by molar-refractivity contribution is 6.07. The molecule has 0 atom stereocenters. The zero-order valence-corrected chi connectivity index (χ0v) is 15.5. The number of benzene rings is 1. The number of rotatable bonds is 5. The van der Waals surface area contributed by atoms with Crippen molar-refractivity contribution in [3.8, 4) is 11.5 Å². The van der Waals surface area contributed by atoms with Crippen molar-refractivity contribution in [2.45, 2.75) is 12.8 Å². The van der Waals surface area contributed by atoms with E-state index in [0.29, 0.717) is 34.3 Å². The number of nitrogens with zero attached hydrogens (tertiary/aromatic N) is 2. The van der Waals surface area contributed by atoms with Gasteiger partial charge in [0.1, 0.15) is 5.69 Å². The number of hydrogen-bond acceptors (Lipinski definition) is 5. The second-order valence-corrected chi connectivity index (χ2v) is 6.41. The predicted octanol–water partition coefficient (Wildman–Crippen LogP) is 3.28. The number of carbonyl (C=O) groups is 2. The van der Waals surface area contributed by atoms with Crippen LogP contribution in [0, 0.1) is 0 Å². The van der Waals surface area contributed by atoms with E-state index in [1.165, 1.54) is 0 Å². The first kappa shape index (κ1) is 18.4. The average Bonchev–Trinajstić information content (AvgIpc) is 3.31. The number of nitrogens with one attached hydrogen (secondary N) is 2. The largest absolute Gasteiger partial charge is 0.463 e. The van der Waals surface area contributed by atoms with Crippen LogP contribution in [0.1, 0.15) is 22.3 Å². The number of furan rings is 1. The molecule has 2 N–H and O–H groups in total. The van der Waals surface area contributed by atoms with Crippen molar-refractivity contribution in [3.63, 3.8) is 0 Å². The fourth-order valence-electron chi connectivity index (χ4n) is 2.97. The molecule has 29 heavy (non-hydrogen) atoms. The van der Waals surface area contributed by atoms with Crippen LogP contribution in [0.5, 0.6) is 0 Å². The van der Waals surface area contributed by atoms with Gasteiger partial charge < -0.3 is 4.42 Å². The molecule has 3 heterocycles. The fraction of sp³-hybridized carbons (Fsp3) is 0.0909. The van der Waals surface area contributed by atoms with E-state index in [1.54, 1.807) is 36.9 Å². The van der Waals surface area contributed by atoms with E-state index >= 15 is 0 Å². The molecule has 0 aliphatic heterocycles. The van der Waals surface area contributed by atoms with E-state index in [4.69, 9.17) is 4.42 Å². The molecule has 2 amide bonds. The minimum atomic E-state index is -0.425. The van der Waals surface area contributed by atoms with Crippen LogP contribution in [0.4, 0.5) is 0 Å². The third kappa shape index (κ3) is 4.30. The molecule has 0 aliphatic carbocycles. The molecule has 0 radical (unpaired) electrons. The molecule has 0 fully saturated rings. The van der Waals surface area contributed by atoms with Crippen LogP contribution in [0.2, 0.25) is 0 Å². The summed E-state index contributed by atoms with van der Waals surface area (Å²) in [5.41, 5.74) is 7.51. The molecule has 0 bridgehead atoms. The molecule has 7 heteroatoms. The van der Waals surface area contributed by atoms with Crippen LogP contribution >= 0.6 is 0 Å². The van der Waals surface area contributed by atoms with Crippen molar-refractivity contribution in [2.75, 3.05) is 0 Å². The summed E-state index contributed by atoms with van der Waals surface area (Å²) >= 11 is 0. The first-order chi connectivity index (χ1) is 14.2. The molecule has 0 saturated heterocycles. The molecular formula is C22H18N4O3. The Balaban J connectivity index is 1.48. The van der Waals surface area contributed by atoms with Crippen LogP contribution in [-0.4, -0.2) is 21.8 Å². The Morgan fingerprint density at radius 2 is 1.90 bits per heavy atom. The summed E-state index contributed by atoms with van der Waals surface area (Å²) in [4.78, 5) is 33.4. The lowest BCUT2D eigenvalue weighted by molar-refractivity contribution is -0.121.